The molecule has 0 aliphatic rings. The second-order valence-corrected chi connectivity index (χ2v) is 2.74. The first-order valence-electron chi connectivity index (χ1n) is 4.05. The van der Waals surface area contributed by atoms with Gasteiger partial charge in [-0.15, -0.1) is 0 Å². The lowest BCUT2D eigenvalue weighted by atomic mass is 10.1. The van der Waals surface area contributed by atoms with E-state index in [0.717, 1.165) is 0 Å². The van der Waals surface area contributed by atoms with Gasteiger partial charge in [-0.25, -0.2) is 0 Å². The molecule has 0 spiro atoms. The minimum atomic E-state index is -0.750. The van der Waals surface area contributed by atoms with E-state index in [9.17, 15) is 20.2 Å². The number of benzene rings is 1. The smallest absolute Gasteiger partial charge is 0.259 e. The number of rotatable bonds is 3. The number of non-ortho nitro benzene ring substituents is 1. The molecule has 0 saturated heterocycles. The third-order valence-electron chi connectivity index (χ3n) is 1.74. The predicted molar refractivity (Wildman–Crippen MR) is 53.7 cm³/mol. The van der Waals surface area contributed by atoms with Gasteiger partial charge in [-0.2, -0.15) is 5.26 Å². The Labute approximate surface area is 89.5 Å². The number of hydrogen-bond acceptors (Lipinski definition) is 5. The first-order valence-corrected chi connectivity index (χ1v) is 4.05. The Balaban J connectivity index is 3.11. The minimum absolute atomic E-state index is 0.137. The molecule has 0 radical (unpaired) electrons. The van der Waals surface area contributed by atoms with Crippen LogP contribution in [0.25, 0.3) is 5.57 Å². The fourth-order valence-corrected chi connectivity index (χ4v) is 1.04. The summed E-state index contributed by atoms with van der Waals surface area (Å²) in [5.41, 5.74) is -0.0214. The van der Waals surface area contributed by atoms with Crippen molar-refractivity contribution in [2.45, 2.75) is 0 Å². The monoisotopic (exact) mass is 219 g/mol. The van der Waals surface area contributed by atoms with E-state index < -0.39 is 9.85 Å². The Bertz CT molecular complexity index is 498. The van der Waals surface area contributed by atoms with Crippen LogP contribution in [0.15, 0.2) is 30.5 Å². The Hall–Kier alpha value is -2.75. The van der Waals surface area contributed by atoms with E-state index in [1.54, 1.807) is 6.07 Å². The molecule has 0 atom stereocenters. The van der Waals surface area contributed by atoms with E-state index in [1.165, 1.54) is 24.3 Å². The van der Waals surface area contributed by atoms with E-state index >= 15 is 0 Å². The molecule has 0 aliphatic heterocycles. The normalized spacial score (nSPS) is 10.6. The molecule has 0 heterocycles. The first-order chi connectivity index (χ1) is 7.54. The average molecular weight is 219 g/mol. The fourth-order valence-electron chi connectivity index (χ4n) is 1.04. The van der Waals surface area contributed by atoms with E-state index in [1.807, 2.05) is 0 Å². The Kier molecular flexibility index (Phi) is 3.29. The third-order valence-corrected chi connectivity index (χ3v) is 1.74. The molecule has 1 rings (SSSR count). The number of nitro benzene ring substituents is 1. The molecule has 0 N–H and O–H groups in total. The van der Waals surface area contributed by atoms with Crippen molar-refractivity contribution in [3.8, 4) is 6.07 Å². The van der Waals surface area contributed by atoms with Crippen LogP contribution in [-0.2, 0) is 0 Å². The topological polar surface area (TPSA) is 110 Å². The van der Waals surface area contributed by atoms with Gasteiger partial charge >= 0.3 is 0 Å². The summed E-state index contributed by atoms with van der Waals surface area (Å²) in [6.45, 7) is 0. The molecule has 0 saturated carbocycles. The number of nitrogens with zero attached hydrogens (tertiary/aromatic N) is 3. The molecule has 0 aromatic heterocycles. The van der Waals surface area contributed by atoms with Crippen LogP contribution in [0, 0.1) is 31.6 Å². The summed E-state index contributed by atoms with van der Waals surface area (Å²) < 4.78 is 0. The highest BCUT2D eigenvalue weighted by atomic mass is 16.6. The standard InChI is InChI=1S/C9H5N3O4/c10-5-8(6-11(13)14)7-1-3-9(4-2-7)12(15)16/h1-4,6H/b8-6+. The van der Waals surface area contributed by atoms with Crippen molar-refractivity contribution in [2.24, 2.45) is 0 Å². The van der Waals surface area contributed by atoms with E-state index in [0.29, 0.717) is 6.20 Å². The van der Waals surface area contributed by atoms with Crippen LogP contribution in [-0.4, -0.2) is 9.85 Å². The fraction of sp³-hybridized carbons (Fsp3) is 0. The van der Waals surface area contributed by atoms with Gasteiger partial charge < -0.3 is 0 Å². The summed E-state index contributed by atoms with van der Waals surface area (Å²) in [6, 6.07) is 6.59. The minimum Gasteiger partial charge on any atom is -0.259 e. The van der Waals surface area contributed by atoms with Gasteiger partial charge in [-0.1, -0.05) is 0 Å². The summed E-state index contributed by atoms with van der Waals surface area (Å²) in [5.74, 6) is 0. The van der Waals surface area contributed by atoms with Crippen LogP contribution in [0.1, 0.15) is 5.56 Å². The maximum atomic E-state index is 10.3. The van der Waals surface area contributed by atoms with Crippen LogP contribution in [0.5, 0.6) is 0 Å². The SMILES string of the molecule is N#C/C(=C\[N+](=O)[O-])c1ccc([N+](=O)[O-])cc1. The maximum Gasteiger partial charge on any atom is 0.269 e. The quantitative estimate of drug-likeness (QED) is 0.436. The third kappa shape index (κ3) is 2.62. The summed E-state index contributed by atoms with van der Waals surface area (Å²) in [5, 5.41) is 29.2. The molecular weight excluding hydrogens is 214 g/mol. The van der Waals surface area contributed by atoms with E-state index in [-0.39, 0.29) is 16.8 Å². The predicted octanol–water partition coefficient (Wildman–Crippen LogP) is 1.74. The second kappa shape index (κ2) is 4.65. The zero-order valence-corrected chi connectivity index (χ0v) is 7.86. The molecule has 7 nitrogen and oxygen atoms in total. The van der Waals surface area contributed by atoms with Gasteiger partial charge in [-0.05, 0) is 17.7 Å². The molecule has 0 bridgehead atoms. The number of nitro groups is 2. The van der Waals surface area contributed by atoms with Crippen LogP contribution in [0.2, 0.25) is 0 Å². The zero-order chi connectivity index (χ0) is 12.1. The molecule has 0 aliphatic carbocycles. The van der Waals surface area contributed by atoms with Crippen molar-refractivity contribution in [1.29, 1.82) is 5.26 Å². The molecule has 16 heavy (non-hydrogen) atoms. The van der Waals surface area contributed by atoms with Crippen LogP contribution in [0.4, 0.5) is 5.69 Å². The Morgan fingerprint density at radius 2 is 1.81 bits per heavy atom. The van der Waals surface area contributed by atoms with Gasteiger partial charge in [0.1, 0.15) is 11.6 Å². The van der Waals surface area contributed by atoms with Gasteiger partial charge in [0.2, 0.25) is 0 Å². The van der Waals surface area contributed by atoms with Gasteiger partial charge in [0.05, 0.1) is 9.85 Å². The molecular formula is C9H5N3O4. The van der Waals surface area contributed by atoms with Crippen LogP contribution < -0.4 is 0 Å². The van der Waals surface area contributed by atoms with E-state index in [2.05, 4.69) is 0 Å². The van der Waals surface area contributed by atoms with Crippen molar-refractivity contribution in [3.63, 3.8) is 0 Å². The van der Waals surface area contributed by atoms with Crippen molar-refractivity contribution in [3.05, 3.63) is 56.3 Å². The molecule has 7 heteroatoms. The van der Waals surface area contributed by atoms with Gasteiger partial charge in [0, 0.05) is 12.1 Å². The largest absolute Gasteiger partial charge is 0.269 e. The summed E-state index contributed by atoms with van der Waals surface area (Å²) in [7, 11) is 0. The Morgan fingerprint density at radius 1 is 1.25 bits per heavy atom. The highest BCUT2D eigenvalue weighted by Crippen LogP contribution is 2.18. The zero-order valence-electron chi connectivity index (χ0n) is 7.86. The lowest BCUT2D eigenvalue weighted by Gasteiger charge is -1.95. The molecule has 80 valence electrons. The lowest BCUT2D eigenvalue weighted by molar-refractivity contribution is -0.401. The number of nitriles is 1. The molecule has 1 aromatic carbocycles. The van der Waals surface area contributed by atoms with Crippen LogP contribution >= 0.6 is 0 Å². The Morgan fingerprint density at radius 3 is 2.19 bits per heavy atom. The number of allylic oxidation sites excluding steroid dienone is 1. The van der Waals surface area contributed by atoms with E-state index in [4.69, 9.17) is 5.26 Å². The first kappa shape index (κ1) is 11.3. The molecule has 1 aromatic rings. The van der Waals surface area contributed by atoms with Gasteiger partial charge in [-0.3, -0.25) is 20.2 Å². The van der Waals surface area contributed by atoms with Crippen molar-refractivity contribution >= 4 is 11.3 Å². The molecule has 0 fully saturated rings. The molecule has 0 unspecified atom stereocenters. The lowest BCUT2D eigenvalue weighted by Crippen LogP contribution is -1.91. The maximum absolute atomic E-state index is 10.3. The molecule has 0 amide bonds. The highest BCUT2D eigenvalue weighted by molar-refractivity contribution is 5.76. The number of hydrogen-bond donors (Lipinski definition) is 0. The summed E-state index contributed by atoms with van der Waals surface area (Å²) >= 11 is 0. The van der Waals surface area contributed by atoms with Crippen molar-refractivity contribution < 1.29 is 9.85 Å². The second-order valence-electron chi connectivity index (χ2n) is 2.74. The van der Waals surface area contributed by atoms with Gasteiger partial charge in [0.25, 0.3) is 11.9 Å². The summed E-state index contributed by atoms with van der Waals surface area (Å²) in [6.07, 6.45) is 0.557. The average Bonchev–Trinajstić information content (AvgIpc) is 2.25. The van der Waals surface area contributed by atoms with Crippen LogP contribution in [0.3, 0.4) is 0 Å². The summed E-state index contributed by atoms with van der Waals surface area (Å²) in [4.78, 5) is 19.2. The van der Waals surface area contributed by atoms with Crippen molar-refractivity contribution in [1.82, 2.24) is 0 Å². The van der Waals surface area contributed by atoms with Crippen molar-refractivity contribution in [2.75, 3.05) is 0 Å². The highest BCUT2D eigenvalue weighted by Gasteiger charge is 2.09. The van der Waals surface area contributed by atoms with Gasteiger partial charge in [0.15, 0.2) is 0 Å².